The van der Waals surface area contributed by atoms with E-state index < -0.39 is 0 Å². The molecule has 5 rings (SSSR count). The summed E-state index contributed by atoms with van der Waals surface area (Å²) in [5.41, 5.74) is 1.10. The third-order valence-electron chi connectivity index (χ3n) is 4.56. The zero-order valence-corrected chi connectivity index (χ0v) is 11.7. The van der Waals surface area contributed by atoms with E-state index in [1.807, 2.05) is 6.20 Å². The normalized spacial score (nSPS) is 12.0. The number of pyridine rings is 1. The van der Waals surface area contributed by atoms with Crippen molar-refractivity contribution in [1.29, 1.82) is 0 Å². The lowest BCUT2D eigenvalue weighted by molar-refractivity contribution is 1.24. The molecule has 0 saturated heterocycles. The fourth-order valence-corrected chi connectivity index (χ4v) is 3.66. The standard InChI is InChI=1S/C20H13N/c1-12-18-16(9-10-21-12)11-15-6-5-13-3-2-4-14-7-8-17(18)20(15)19(13)14/h2-11H,1H3. The first-order valence-electron chi connectivity index (χ1n) is 7.25. The second-order valence-corrected chi connectivity index (χ2v) is 5.73. The molecule has 98 valence electrons. The number of fused-ring (bicyclic) bond motifs is 2. The van der Waals surface area contributed by atoms with E-state index in [2.05, 4.69) is 66.5 Å². The predicted octanol–water partition coefficient (Wildman–Crippen LogP) is 5.44. The second kappa shape index (κ2) is 3.70. The average Bonchev–Trinajstić information content (AvgIpc) is 2.52. The maximum Gasteiger partial charge on any atom is 0.0457 e. The summed E-state index contributed by atoms with van der Waals surface area (Å²) < 4.78 is 0. The molecule has 0 bridgehead atoms. The summed E-state index contributed by atoms with van der Waals surface area (Å²) >= 11 is 0. The van der Waals surface area contributed by atoms with Crippen molar-refractivity contribution in [2.45, 2.75) is 6.92 Å². The second-order valence-electron chi connectivity index (χ2n) is 5.73. The highest BCUT2D eigenvalue weighted by Gasteiger charge is 2.11. The molecule has 4 aromatic carbocycles. The summed E-state index contributed by atoms with van der Waals surface area (Å²) in [5, 5.41) is 10.5. The van der Waals surface area contributed by atoms with Crippen LogP contribution in [-0.2, 0) is 0 Å². The lowest BCUT2D eigenvalue weighted by Crippen LogP contribution is -1.89. The zero-order valence-electron chi connectivity index (χ0n) is 11.7. The van der Waals surface area contributed by atoms with Crippen LogP contribution in [0.5, 0.6) is 0 Å². The van der Waals surface area contributed by atoms with Gasteiger partial charge in [-0.15, -0.1) is 0 Å². The SMILES string of the molecule is Cc1nccc2cc3ccc4cccc5ccc(c12)c3c45. The van der Waals surface area contributed by atoms with Gasteiger partial charge in [0.1, 0.15) is 0 Å². The van der Waals surface area contributed by atoms with E-state index in [4.69, 9.17) is 0 Å². The lowest BCUT2D eigenvalue weighted by atomic mass is 9.91. The Bertz CT molecular complexity index is 1120. The van der Waals surface area contributed by atoms with Gasteiger partial charge in [-0.1, -0.05) is 42.5 Å². The summed E-state index contributed by atoms with van der Waals surface area (Å²) in [6.07, 6.45) is 1.90. The summed E-state index contributed by atoms with van der Waals surface area (Å²) in [4.78, 5) is 4.49. The van der Waals surface area contributed by atoms with Crippen LogP contribution in [0.2, 0.25) is 0 Å². The van der Waals surface area contributed by atoms with Crippen molar-refractivity contribution in [3.63, 3.8) is 0 Å². The molecule has 1 aromatic heterocycles. The smallest absolute Gasteiger partial charge is 0.0457 e. The Morgan fingerprint density at radius 2 is 1.38 bits per heavy atom. The molecule has 0 unspecified atom stereocenters. The number of hydrogen-bond acceptors (Lipinski definition) is 1. The van der Waals surface area contributed by atoms with Gasteiger partial charge in [0.15, 0.2) is 0 Å². The van der Waals surface area contributed by atoms with E-state index in [1.165, 1.54) is 43.1 Å². The quantitative estimate of drug-likeness (QED) is 0.269. The van der Waals surface area contributed by atoms with E-state index in [0.29, 0.717) is 0 Å². The van der Waals surface area contributed by atoms with Gasteiger partial charge in [0.25, 0.3) is 0 Å². The maximum atomic E-state index is 4.49. The first-order valence-corrected chi connectivity index (χ1v) is 7.25. The summed E-state index contributed by atoms with van der Waals surface area (Å²) in [6, 6.07) is 19.9. The minimum Gasteiger partial charge on any atom is -0.261 e. The molecule has 0 fully saturated rings. The van der Waals surface area contributed by atoms with E-state index in [1.54, 1.807) is 0 Å². The number of nitrogens with zero attached hydrogens (tertiary/aromatic N) is 1. The van der Waals surface area contributed by atoms with Crippen LogP contribution in [0.1, 0.15) is 5.69 Å². The van der Waals surface area contributed by atoms with Crippen LogP contribution in [0.3, 0.4) is 0 Å². The molecule has 0 N–H and O–H groups in total. The van der Waals surface area contributed by atoms with Crippen molar-refractivity contribution in [3.8, 4) is 0 Å². The molecule has 0 aliphatic carbocycles. The minimum absolute atomic E-state index is 1.10. The fourth-order valence-electron chi connectivity index (χ4n) is 3.66. The van der Waals surface area contributed by atoms with Crippen LogP contribution < -0.4 is 0 Å². The fraction of sp³-hybridized carbons (Fsp3) is 0.0500. The molecule has 0 saturated carbocycles. The zero-order chi connectivity index (χ0) is 14.0. The highest BCUT2D eigenvalue weighted by Crippen LogP contribution is 2.38. The van der Waals surface area contributed by atoms with Gasteiger partial charge in [0, 0.05) is 17.3 Å². The Labute approximate surface area is 122 Å². The molecule has 1 heteroatoms. The van der Waals surface area contributed by atoms with E-state index in [0.717, 1.165) is 5.69 Å². The topological polar surface area (TPSA) is 12.9 Å². The molecular weight excluding hydrogens is 254 g/mol. The highest BCUT2D eigenvalue weighted by molar-refractivity contribution is 6.29. The van der Waals surface area contributed by atoms with Gasteiger partial charge in [-0.2, -0.15) is 0 Å². The first kappa shape index (κ1) is 11.0. The lowest BCUT2D eigenvalue weighted by Gasteiger charge is -2.13. The van der Waals surface area contributed by atoms with Gasteiger partial charge < -0.3 is 0 Å². The maximum absolute atomic E-state index is 4.49. The molecule has 0 aliphatic heterocycles. The number of aromatic nitrogens is 1. The van der Waals surface area contributed by atoms with Crippen LogP contribution in [0, 0.1) is 6.92 Å². The molecule has 5 aromatic rings. The van der Waals surface area contributed by atoms with Crippen LogP contribution >= 0.6 is 0 Å². The van der Waals surface area contributed by atoms with Gasteiger partial charge in [-0.05, 0) is 56.8 Å². The van der Waals surface area contributed by atoms with Crippen LogP contribution in [-0.4, -0.2) is 4.98 Å². The molecule has 0 radical (unpaired) electrons. The van der Waals surface area contributed by atoms with Crippen molar-refractivity contribution in [3.05, 3.63) is 66.5 Å². The van der Waals surface area contributed by atoms with Crippen molar-refractivity contribution in [1.82, 2.24) is 4.98 Å². The van der Waals surface area contributed by atoms with Crippen molar-refractivity contribution < 1.29 is 0 Å². The van der Waals surface area contributed by atoms with Gasteiger partial charge in [-0.3, -0.25) is 4.98 Å². The van der Waals surface area contributed by atoms with Crippen molar-refractivity contribution in [2.24, 2.45) is 0 Å². The van der Waals surface area contributed by atoms with E-state index >= 15 is 0 Å². The molecule has 21 heavy (non-hydrogen) atoms. The monoisotopic (exact) mass is 267 g/mol. The Hall–Kier alpha value is -2.67. The molecule has 0 atom stereocenters. The average molecular weight is 267 g/mol. The Kier molecular flexibility index (Phi) is 1.95. The molecule has 0 amide bonds. The van der Waals surface area contributed by atoms with Crippen LogP contribution in [0.25, 0.3) is 43.1 Å². The van der Waals surface area contributed by atoms with Crippen LogP contribution in [0.4, 0.5) is 0 Å². The number of rotatable bonds is 0. The van der Waals surface area contributed by atoms with E-state index in [-0.39, 0.29) is 0 Å². The first-order chi connectivity index (χ1) is 10.3. The largest absolute Gasteiger partial charge is 0.261 e. The van der Waals surface area contributed by atoms with Crippen molar-refractivity contribution in [2.75, 3.05) is 0 Å². The molecular formula is C20H13N. The summed E-state index contributed by atoms with van der Waals surface area (Å²) in [6.45, 7) is 2.10. The van der Waals surface area contributed by atoms with Gasteiger partial charge >= 0.3 is 0 Å². The number of benzene rings is 4. The Balaban J connectivity index is 2.23. The highest BCUT2D eigenvalue weighted by atomic mass is 14.7. The summed E-state index contributed by atoms with van der Waals surface area (Å²) in [7, 11) is 0. The number of hydrogen-bond donors (Lipinski definition) is 0. The van der Waals surface area contributed by atoms with E-state index in [9.17, 15) is 0 Å². The third kappa shape index (κ3) is 1.33. The van der Waals surface area contributed by atoms with Crippen molar-refractivity contribution >= 4 is 43.1 Å². The Morgan fingerprint density at radius 3 is 2.24 bits per heavy atom. The Morgan fingerprint density at radius 1 is 0.667 bits per heavy atom. The minimum atomic E-state index is 1.10. The molecule has 0 aliphatic rings. The molecule has 1 nitrogen and oxygen atoms in total. The molecule has 0 spiro atoms. The van der Waals surface area contributed by atoms with Gasteiger partial charge in [0.05, 0.1) is 0 Å². The van der Waals surface area contributed by atoms with Gasteiger partial charge in [-0.25, -0.2) is 0 Å². The third-order valence-corrected chi connectivity index (χ3v) is 4.56. The summed E-state index contributed by atoms with van der Waals surface area (Å²) in [5.74, 6) is 0. The van der Waals surface area contributed by atoms with Crippen LogP contribution in [0.15, 0.2) is 60.8 Å². The predicted molar refractivity (Wildman–Crippen MR) is 90.2 cm³/mol. The number of aryl methyl sites for hydroxylation is 1. The molecule has 1 heterocycles. The van der Waals surface area contributed by atoms with Gasteiger partial charge in [0.2, 0.25) is 0 Å².